The maximum atomic E-state index is 14.4. The summed E-state index contributed by atoms with van der Waals surface area (Å²) in [5.74, 6) is -5.65. The molecule has 0 aromatic heterocycles. The maximum absolute atomic E-state index is 14.4. The van der Waals surface area contributed by atoms with Crippen LogP contribution in [0.1, 0.15) is 82.8 Å². The van der Waals surface area contributed by atoms with Crippen LogP contribution in [0.2, 0.25) is 0 Å². The summed E-state index contributed by atoms with van der Waals surface area (Å²) in [7, 11) is 0. The summed E-state index contributed by atoms with van der Waals surface area (Å²) in [5.41, 5.74) is 0.452. The predicted octanol–water partition coefficient (Wildman–Crippen LogP) is 5.51. The van der Waals surface area contributed by atoms with Crippen molar-refractivity contribution >= 4 is 29.2 Å². The minimum Gasteiger partial charge on any atom is -0.507 e. The molecule has 2 N–H and O–H groups in total. The number of allylic oxidation sites excluding steroid dienone is 6. The number of phenols is 1. The quantitative estimate of drug-likeness (QED) is 0.383. The molecule has 4 aliphatic carbocycles. The van der Waals surface area contributed by atoms with E-state index in [0.29, 0.717) is 17.6 Å². The van der Waals surface area contributed by atoms with Crippen LogP contribution in [0, 0.1) is 28.6 Å². The van der Waals surface area contributed by atoms with E-state index in [0.717, 1.165) is 17.6 Å². The molecule has 1 saturated carbocycles. The summed E-state index contributed by atoms with van der Waals surface area (Å²) in [5, 5.41) is 23.0. The van der Waals surface area contributed by atoms with Crippen LogP contribution in [0.15, 0.2) is 52.7 Å². The van der Waals surface area contributed by atoms with Crippen molar-refractivity contribution in [1.29, 1.82) is 0 Å². The van der Waals surface area contributed by atoms with Gasteiger partial charge in [0.25, 0.3) is 0 Å². The van der Waals surface area contributed by atoms with E-state index in [1.165, 1.54) is 24.1 Å². The molecule has 6 nitrogen and oxygen atoms in total. The molecule has 0 bridgehead atoms. The molecule has 5 rings (SSSR count). The van der Waals surface area contributed by atoms with Crippen molar-refractivity contribution < 1.29 is 29.4 Å². The highest BCUT2D eigenvalue weighted by atomic mass is 16.3. The second-order valence-corrected chi connectivity index (χ2v) is 13.0. The van der Waals surface area contributed by atoms with E-state index in [-0.39, 0.29) is 23.7 Å². The Bertz CT molecular complexity index is 1520. The average Bonchev–Trinajstić information content (AvgIpc) is 3.25. The van der Waals surface area contributed by atoms with E-state index in [1.54, 1.807) is 19.9 Å². The molecule has 1 aromatic carbocycles. The fourth-order valence-electron chi connectivity index (χ4n) is 8.54. The zero-order valence-corrected chi connectivity index (χ0v) is 24.3. The Labute approximate surface area is 235 Å². The zero-order valence-electron chi connectivity index (χ0n) is 24.3. The third-order valence-electron chi connectivity index (χ3n) is 10.0. The number of carbonyl (C=O) groups excluding carboxylic acids is 4. The lowest BCUT2D eigenvalue weighted by molar-refractivity contribution is -0.183. The summed E-state index contributed by atoms with van der Waals surface area (Å²) in [6.07, 6.45) is 9.48. The van der Waals surface area contributed by atoms with Gasteiger partial charge in [-0.1, -0.05) is 69.2 Å². The van der Waals surface area contributed by atoms with Gasteiger partial charge in [0.05, 0.1) is 11.5 Å². The van der Waals surface area contributed by atoms with Gasteiger partial charge in [-0.2, -0.15) is 0 Å². The van der Waals surface area contributed by atoms with Crippen molar-refractivity contribution in [2.75, 3.05) is 0 Å². The molecule has 0 aliphatic heterocycles. The lowest BCUT2D eigenvalue weighted by Gasteiger charge is -2.60. The van der Waals surface area contributed by atoms with Crippen molar-refractivity contribution in [1.82, 2.24) is 0 Å². The highest BCUT2D eigenvalue weighted by Gasteiger charge is 2.73. The van der Waals surface area contributed by atoms with Crippen LogP contribution < -0.4 is 0 Å². The lowest BCUT2D eigenvalue weighted by Crippen LogP contribution is -2.73. The Hall–Kier alpha value is -3.38. The molecule has 210 valence electrons. The number of hydrogen-bond acceptors (Lipinski definition) is 6. The van der Waals surface area contributed by atoms with E-state index in [1.807, 2.05) is 39.8 Å². The van der Waals surface area contributed by atoms with Gasteiger partial charge in [-0.3, -0.25) is 19.2 Å². The second-order valence-electron chi connectivity index (χ2n) is 13.0. The minimum atomic E-state index is -2.52. The SMILES string of the molecule is CC(=O)C1C(=O)[C@@]2(O)C(=O)C3C(=O)c4c(O)ccc(/C=C/C5=C(C)C=CC5)c4C[C@@]3(C)C[C@@]2(C)C(C(C)C)=C1C. The number of hydrogen-bond donors (Lipinski definition) is 2. The van der Waals surface area contributed by atoms with Gasteiger partial charge in [0.15, 0.2) is 23.0 Å². The molecule has 0 amide bonds. The molecule has 0 spiro atoms. The second kappa shape index (κ2) is 9.07. The van der Waals surface area contributed by atoms with Crippen LogP contribution in [0.4, 0.5) is 0 Å². The summed E-state index contributed by atoms with van der Waals surface area (Å²) in [6, 6.07) is 3.24. The van der Waals surface area contributed by atoms with Crippen LogP contribution in [0.3, 0.4) is 0 Å². The number of fused-ring (bicyclic) bond motifs is 3. The number of phenolic OH excluding ortho intramolecular Hbond substituents is 1. The highest BCUT2D eigenvalue weighted by molar-refractivity contribution is 6.27. The average molecular weight is 543 g/mol. The molecule has 1 aromatic rings. The predicted molar refractivity (Wildman–Crippen MR) is 153 cm³/mol. The molecule has 5 atom stereocenters. The van der Waals surface area contributed by atoms with E-state index in [9.17, 15) is 29.4 Å². The minimum absolute atomic E-state index is 0.0719. The lowest BCUT2D eigenvalue weighted by atomic mass is 9.41. The normalized spacial score (nSPS) is 33.7. The summed E-state index contributed by atoms with van der Waals surface area (Å²) in [4.78, 5) is 55.1. The largest absolute Gasteiger partial charge is 0.507 e. The van der Waals surface area contributed by atoms with Crippen molar-refractivity contribution in [3.63, 3.8) is 0 Å². The van der Waals surface area contributed by atoms with Crippen LogP contribution in [0.25, 0.3) is 6.08 Å². The highest BCUT2D eigenvalue weighted by Crippen LogP contribution is 2.64. The van der Waals surface area contributed by atoms with Gasteiger partial charge in [0, 0.05) is 5.41 Å². The summed E-state index contributed by atoms with van der Waals surface area (Å²) < 4.78 is 0. The molecule has 0 heterocycles. The van der Waals surface area contributed by atoms with Crippen LogP contribution >= 0.6 is 0 Å². The Morgan fingerprint density at radius 1 is 1.07 bits per heavy atom. The van der Waals surface area contributed by atoms with E-state index >= 15 is 0 Å². The van der Waals surface area contributed by atoms with Gasteiger partial charge in [0.2, 0.25) is 0 Å². The number of aliphatic hydroxyl groups is 1. The number of Topliss-reactive ketones (excluding diaryl/α,β-unsaturated/α-hetero) is 4. The summed E-state index contributed by atoms with van der Waals surface area (Å²) in [6.45, 7) is 12.6. The molecule has 4 aliphatic rings. The standard InChI is InChI=1S/C34H38O6/c1-17(2)27-19(4)25(20(5)35)30(38)34(40)31(39)28-29(37)26-23(15-32(28,6)16-33(27,34)7)22(13-14-24(26)36)12-11-21-10-8-9-18(21)3/h8-9,11-14,17,25,28,36,40H,10,15-16H2,1-7H3/b12-11+/t25?,28?,32-,33-,34+/m0/s1. The zero-order chi connectivity index (χ0) is 29.5. The number of benzene rings is 1. The Kier molecular flexibility index (Phi) is 6.38. The third kappa shape index (κ3) is 3.58. The van der Waals surface area contributed by atoms with Gasteiger partial charge in [0.1, 0.15) is 17.5 Å². The number of aromatic hydroxyl groups is 1. The molecular formula is C34H38O6. The van der Waals surface area contributed by atoms with Crippen LogP contribution in [-0.4, -0.2) is 38.9 Å². The molecular weight excluding hydrogens is 504 g/mol. The van der Waals surface area contributed by atoms with Crippen LogP contribution in [0.5, 0.6) is 5.75 Å². The summed E-state index contributed by atoms with van der Waals surface area (Å²) >= 11 is 0. The number of ketones is 4. The first kappa shape index (κ1) is 28.2. The fraction of sp³-hybridized carbons (Fsp3) is 0.471. The van der Waals surface area contributed by atoms with Crippen LogP contribution in [-0.2, 0) is 20.8 Å². The van der Waals surface area contributed by atoms with Gasteiger partial charge >= 0.3 is 0 Å². The first-order valence-electron chi connectivity index (χ1n) is 14.1. The van der Waals surface area contributed by atoms with Gasteiger partial charge in [-0.15, -0.1) is 0 Å². The van der Waals surface area contributed by atoms with E-state index in [4.69, 9.17) is 0 Å². The molecule has 2 unspecified atom stereocenters. The molecule has 6 heteroatoms. The monoisotopic (exact) mass is 542 g/mol. The topological polar surface area (TPSA) is 109 Å². The molecule has 0 saturated heterocycles. The van der Waals surface area contributed by atoms with Crippen molar-refractivity contribution in [2.45, 2.75) is 73.3 Å². The van der Waals surface area contributed by atoms with Crippen molar-refractivity contribution in [2.24, 2.45) is 28.6 Å². The van der Waals surface area contributed by atoms with Gasteiger partial charge in [-0.05, 0) is 79.7 Å². The van der Waals surface area contributed by atoms with Gasteiger partial charge in [-0.25, -0.2) is 0 Å². The maximum Gasteiger partial charge on any atom is 0.192 e. The first-order chi connectivity index (χ1) is 18.6. The Balaban J connectivity index is 1.70. The van der Waals surface area contributed by atoms with Crippen molar-refractivity contribution in [3.8, 4) is 5.75 Å². The third-order valence-corrected chi connectivity index (χ3v) is 10.0. The molecule has 0 radical (unpaired) electrons. The Morgan fingerprint density at radius 2 is 1.75 bits per heavy atom. The van der Waals surface area contributed by atoms with E-state index in [2.05, 4.69) is 12.2 Å². The number of carbonyl (C=O) groups is 4. The van der Waals surface area contributed by atoms with E-state index < -0.39 is 51.4 Å². The number of rotatable bonds is 4. The molecule has 40 heavy (non-hydrogen) atoms. The fourth-order valence-corrected chi connectivity index (χ4v) is 8.54. The van der Waals surface area contributed by atoms with Crippen molar-refractivity contribution in [3.05, 3.63) is 69.3 Å². The molecule has 1 fully saturated rings. The Morgan fingerprint density at radius 3 is 2.33 bits per heavy atom. The van der Waals surface area contributed by atoms with Gasteiger partial charge < -0.3 is 10.2 Å². The first-order valence-corrected chi connectivity index (χ1v) is 14.1. The smallest absolute Gasteiger partial charge is 0.192 e.